The number of aryl methyl sites for hydroxylation is 1. The molecule has 0 amide bonds. The summed E-state index contributed by atoms with van der Waals surface area (Å²) >= 11 is 1.26. The number of guanidine groups is 1. The summed E-state index contributed by atoms with van der Waals surface area (Å²) in [7, 11) is -3.56. The van der Waals surface area contributed by atoms with Crippen molar-refractivity contribution in [1.29, 1.82) is 0 Å². The molecule has 1 aliphatic heterocycles. The molecule has 0 saturated carbocycles. The molecule has 7 heteroatoms. The fourth-order valence-electron chi connectivity index (χ4n) is 1.56. The molecule has 17 heavy (non-hydrogen) atoms. The maximum Gasteiger partial charge on any atom is 0.297 e. The Labute approximate surface area is 105 Å². The first-order chi connectivity index (χ1) is 7.81. The SMILES string of the molecule is Cc1sc2c(c1C)NC(NC(C)C)=NS2(=O)=O. The van der Waals surface area contributed by atoms with Gasteiger partial charge in [-0.05, 0) is 33.3 Å². The Bertz CT molecular complexity index is 585. The zero-order valence-corrected chi connectivity index (χ0v) is 11.8. The normalized spacial score (nSPS) is 17.4. The molecule has 0 unspecified atom stereocenters. The van der Waals surface area contributed by atoms with Gasteiger partial charge in [-0.1, -0.05) is 0 Å². The minimum atomic E-state index is -3.56. The van der Waals surface area contributed by atoms with Crippen LogP contribution in [0.3, 0.4) is 0 Å². The summed E-state index contributed by atoms with van der Waals surface area (Å²) < 4.78 is 28.0. The number of thiophene rings is 1. The van der Waals surface area contributed by atoms with Crippen LogP contribution >= 0.6 is 11.3 Å². The topological polar surface area (TPSA) is 70.6 Å². The van der Waals surface area contributed by atoms with Crippen molar-refractivity contribution in [3.8, 4) is 0 Å². The second-order valence-corrected chi connectivity index (χ2v) is 7.31. The van der Waals surface area contributed by atoms with Gasteiger partial charge in [0.2, 0.25) is 5.96 Å². The molecular formula is C10H15N3O2S2. The van der Waals surface area contributed by atoms with Crippen molar-refractivity contribution in [3.05, 3.63) is 10.4 Å². The second kappa shape index (κ2) is 3.99. The van der Waals surface area contributed by atoms with E-state index < -0.39 is 10.0 Å². The minimum absolute atomic E-state index is 0.123. The van der Waals surface area contributed by atoms with Crippen LogP contribution in [0.25, 0.3) is 0 Å². The Hall–Kier alpha value is -1.08. The van der Waals surface area contributed by atoms with E-state index in [1.165, 1.54) is 11.3 Å². The summed E-state index contributed by atoms with van der Waals surface area (Å²) in [5.41, 5.74) is 1.62. The highest BCUT2D eigenvalue weighted by atomic mass is 32.2. The van der Waals surface area contributed by atoms with Gasteiger partial charge in [-0.3, -0.25) is 0 Å². The highest BCUT2D eigenvalue weighted by molar-refractivity contribution is 7.92. The van der Waals surface area contributed by atoms with Crippen LogP contribution in [0.5, 0.6) is 0 Å². The van der Waals surface area contributed by atoms with Crippen LogP contribution in [0.2, 0.25) is 0 Å². The van der Waals surface area contributed by atoms with Crippen molar-refractivity contribution in [3.63, 3.8) is 0 Å². The number of rotatable bonds is 1. The van der Waals surface area contributed by atoms with E-state index in [2.05, 4.69) is 15.0 Å². The van der Waals surface area contributed by atoms with Crippen LogP contribution < -0.4 is 10.6 Å². The van der Waals surface area contributed by atoms with E-state index in [4.69, 9.17) is 0 Å². The maximum absolute atomic E-state index is 12.0. The van der Waals surface area contributed by atoms with Crippen LogP contribution in [0.15, 0.2) is 8.61 Å². The first-order valence-corrected chi connectivity index (χ1v) is 7.55. The predicted molar refractivity (Wildman–Crippen MR) is 70.3 cm³/mol. The van der Waals surface area contributed by atoms with E-state index in [1.54, 1.807) is 0 Å². The zero-order chi connectivity index (χ0) is 12.8. The van der Waals surface area contributed by atoms with Gasteiger partial charge < -0.3 is 10.6 Å². The molecule has 5 nitrogen and oxygen atoms in total. The zero-order valence-electron chi connectivity index (χ0n) is 10.2. The van der Waals surface area contributed by atoms with Gasteiger partial charge in [0.05, 0.1) is 5.69 Å². The number of sulfonamides is 1. The van der Waals surface area contributed by atoms with Crippen molar-refractivity contribution in [2.45, 2.75) is 37.9 Å². The average molecular weight is 273 g/mol. The maximum atomic E-state index is 12.0. The Morgan fingerprint density at radius 3 is 2.59 bits per heavy atom. The summed E-state index contributed by atoms with van der Waals surface area (Å²) in [4.78, 5) is 0.993. The third-order valence-corrected chi connectivity index (χ3v) is 5.45. The molecule has 2 rings (SSSR count). The van der Waals surface area contributed by atoms with E-state index >= 15 is 0 Å². The van der Waals surface area contributed by atoms with Crippen LogP contribution in [0, 0.1) is 13.8 Å². The average Bonchev–Trinajstić information content (AvgIpc) is 2.44. The fraction of sp³-hybridized carbons (Fsp3) is 0.500. The molecule has 0 saturated heterocycles. The molecule has 0 spiro atoms. The van der Waals surface area contributed by atoms with E-state index in [-0.39, 0.29) is 6.04 Å². The predicted octanol–water partition coefficient (Wildman–Crippen LogP) is 1.83. The molecule has 0 bridgehead atoms. The lowest BCUT2D eigenvalue weighted by Gasteiger charge is -2.18. The van der Waals surface area contributed by atoms with Crippen LogP contribution in [0.1, 0.15) is 24.3 Å². The van der Waals surface area contributed by atoms with Crippen molar-refractivity contribution < 1.29 is 8.42 Å². The monoisotopic (exact) mass is 273 g/mol. The molecule has 0 radical (unpaired) electrons. The molecule has 2 N–H and O–H groups in total. The Morgan fingerprint density at radius 1 is 1.35 bits per heavy atom. The molecular weight excluding hydrogens is 258 g/mol. The van der Waals surface area contributed by atoms with Crippen LogP contribution in [0.4, 0.5) is 5.69 Å². The fourth-order valence-corrected chi connectivity index (χ4v) is 4.19. The quantitative estimate of drug-likeness (QED) is 0.819. The second-order valence-electron chi connectivity index (χ2n) is 4.28. The van der Waals surface area contributed by atoms with Crippen LogP contribution in [-0.4, -0.2) is 20.4 Å². The van der Waals surface area contributed by atoms with Crippen molar-refractivity contribution in [2.24, 2.45) is 4.40 Å². The largest absolute Gasteiger partial charge is 0.353 e. The molecule has 1 aromatic rings. The van der Waals surface area contributed by atoms with E-state index in [9.17, 15) is 8.42 Å². The number of hydrogen-bond acceptors (Lipinski definition) is 5. The van der Waals surface area contributed by atoms with E-state index in [0.717, 1.165) is 10.4 Å². The Kier molecular flexibility index (Phi) is 2.90. The number of nitrogens with zero attached hydrogens (tertiary/aromatic N) is 1. The first kappa shape index (κ1) is 12.4. The molecule has 1 aliphatic rings. The summed E-state index contributed by atoms with van der Waals surface area (Å²) in [5, 5.41) is 6.02. The summed E-state index contributed by atoms with van der Waals surface area (Å²) in [6.45, 7) is 7.67. The van der Waals surface area contributed by atoms with Gasteiger partial charge in [0.15, 0.2) is 4.21 Å². The highest BCUT2D eigenvalue weighted by Gasteiger charge is 2.29. The molecule has 0 aromatic carbocycles. The number of anilines is 1. The first-order valence-electron chi connectivity index (χ1n) is 5.30. The smallest absolute Gasteiger partial charge is 0.297 e. The van der Waals surface area contributed by atoms with E-state index in [0.29, 0.717) is 15.9 Å². The molecule has 2 heterocycles. The lowest BCUT2D eigenvalue weighted by molar-refractivity contribution is 0.599. The lowest BCUT2D eigenvalue weighted by Crippen LogP contribution is -2.38. The van der Waals surface area contributed by atoms with Gasteiger partial charge in [0, 0.05) is 10.9 Å². The molecule has 0 fully saturated rings. The van der Waals surface area contributed by atoms with Gasteiger partial charge in [0.25, 0.3) is 10.0 Å². The highest BCUT2D eigenvalue weighted by Crippen LogP contribution is 2.38. The minimum Gasteiger partial charge on any atom is -0.353 e. The number of fused-ring (bicyclic) bond motifs is 1. The summed E-state index contributed by atoms with van der Waals surface area (Å²) in [5.74, 6) is 0.299. The number of nitrogens with one attached hydrogen (secondary N) is 2. The van der Waals surface area contributed by atoms with Gasteiger partial charge in [0.1, 0.15) is 0 Å². The van der Waals surface area contributed by atoms with Gasteiger partial charge in [-0.2, -0.15) is 8.42 Å². The number of hydrogen-bond donors (Lipinski definition) is 2. The van der Waals surface area contributed by atoms with Crippen molar-refractivity contribution >= 4 is 33.0 Å². The van der Waals surface area contributed by atoms with E-state index in [1.807, 2.05) is 27.7 Å². The molecule has 0 atom stereocenters. The van der Waals surface area contributed by atoms with Gasteiger partial charge in [-0.25, -0.2) is 0 Å². The summed E-state index contributed by atoms with van der Waals surface area (Å²) in [6.07, 6.45) is 0. The van der Waals surface area contributed by atoms with Gasteiger partial charge >= 0.3 is 0 Å². The summed E-state index contributed by atoms with van der Waals surface area (Å²) in [6, 6.07) is 0.123. The standard InChI is InChI=1S/C10H15N3O2S2/c1-5(2)11-10-12-8-6(3)7(4)16-9(8)17(14,15)13-10/h5H,1-4H3,(H2,11,12,13). The molecule has 1 aromatic heterocycles. The van der Waals surface area contributed by atoms with Crippen molar-refractivity contribution in [1.82, 2.24) is 5.32 Å². The molecule has 94 valence electrons. The van der Waals surface area contributed by atoms with Crippen molar-refractivity contribution in [2.75, 3.05) is 5.32 Å². The lowest BCUT2D eigenvalue weighted by atomic mass is 10.2. The third-order valence-electron chi connectivity index (χ3n) is 2.47. The van der Waals surface area contributed by atoms with Crippen LogP contribution in [-0.2, 0) is 10.0 Å². The Balaban J connectivity index is 2.50. The Morgan fingerprint density at radius 2 is 2.00 bits per heavy atom. The molecule has 0 aliphatic carbocycles. The van der Waals surface area contributed by atoms with Gasteiger partial charge in [-0.15, -0.1) is 15.7 Å². The third kappa shape index (κ3) is 2.16.